The molecule has 2 aliphatic carbocycles. The molecule has 188 valence electrons. The molecule has 5 heteroatoms. The summed E-state index contributed by atoms with van der Waals surface area (Å²) < 4.78 is 54.7. The van der Waals surface area contributed by atoms with Crippen LogP contribution in [-0.4, -0.2) is 12.5 Å². The van der Waals surface area contributed by atoms with E-state index in [1.54, 1.807) is 12.1 Å². The fourth-order valence-corrected chi connectivity index (χ4v) is 6.05. The van der Waals surface area contributed by atoms with E-state index >= 15 is 0 Å². The van der Waals surface area contributed by atoms with Crippen LogP contribution in [0.15, 0.2) is 24.3 Å². The van der Waals surface area contributed by atoms with Crippen molar-refractivity contribution in [3.8, 4) is 5.75 Å². The van der Waals surface area contributed by atoms with Gasteiger partial charge < -0.3 is 4.74 Å². The monoisotopic (exact) mass is 470 g/mol. The molecule has 0 spiro atoms. The Balaban J connectivity index is 1.32. The summed E-state index contributed by atoms with van der Waals surface area (Å²) in [5, 5.41) is 0. The van der Waals surface area contributed by atoms with Crippen molar-refractivity contribution in [2.45, 2.75) is 116 Å². The van der Waals surface area contributed by atoms with Gasteiger partial charge in [0.1, 0.15) is 5.75 Å². The molecule has 2 saturated carbocycles. The zero-order valence-electron chi connectivity index (χ0n) is 20.2. The first-order chi connectivity index (χ1) is 15.9. The predicted octanol–water partition coefficient (Wildman–Crippen LogP) is 9.44. The molecule has 1 nitrogen and oxygen atoms in total. The summed E-state index contributed by atoms with van der Waals surface area (Å²) in [6, 6.07) is 6.15. The van der Waals surface area contributed by atoms with E-state index in [2.05, 4.69) is 11.7 Å². The summed E-state index contributed by atoms with van der Waals surface area (Å²) in [7, 11) is 0. The Hall–Kier alpha value is -1.26. The minimum absolute atomic E-state index is 0.222. The maximum Gasteiger partial charge on any atom is 0.461 e. The van der Waals surface area contributed by atoms with Crippen molar-refractivity contribution in [3.05, 3.63) is 29.8 Å². The van der Waals surface area contributed by atoms with Crippen molar-refractivity contribution in [2.75, 3.05) is 0 Å². The van der Waals surface area contributed by atoms with Crippen LogP contribution < -0.4 is 4.74 Å². The van der Waals surface area contributed by atoms with E-state index in [1.807, 2.05) is 0 Å². The first-order valence-corrected chi connectivity index (χ1v) is 13.3. The van der Waals surface area contributed by atoms with E-state index < -0.39 is 12.5 Å². The number of halogens is 4. The average molecular weight is 471 g/mol. The molecule has 2 fully saturated rings. The quantitative estimate of drug-likeness (QED) is 0.218. The molecule has 0 N–H and O–H groups in total. The molecule has 0 aromatic heterocycles. The highest BCUT2D eigenvalue weighted by Gasteiger charge is 2.43. The van der Waals surface area contributed by atoms with Gasteiger partial charge in [0.15, 0.2) is 0 Å². The summed E-state index contributed by atoms with van der Waals surface area (Å²) in [5.74, 6) is 3.34. The third-order valence-electron chi connectivity index (χ3n) is 8.19. The molecular formula is C28H42F4O. The fourth-order valence-electron chi connectivity index (χ4n) is 6.05. The number of benzene rings is 1. The molecule has 0 bridgehead atoms. The molecule has 0 saturated heterocycles. The smallest absolute Gasteiger partial charge is 0.428 e. The highest BCUT2D eigenvalue weighted by molar-refractivity contribution is 5.27. The summed E-state index contributed by atoms with van der Waals surface area (Å²) in [6.07, 6.45) is 11.8. The number of hydrogen-bond donors (Lipinski definition) is 0. The second-order valence-electron chi connectivity index (χ2n) is 10.6. The molecule has 1 aromatic rings. The van der Waals surface area contributed by atoms with E-state index in [9.17, 15) is 17.6 Å². The SMILES string of the molecule is CCCCCC[C@H]1CC[C@H](C2CCC(CCc3ccc(OC(F)(F)C(F)F)cc3)CC2)CC1. The van der Waals surface area contributed by atoms with E-state index in [4.69, 9.17) is 0 Å². The third-order valence-corrected chi connectivity index (χ3v) is 8.19. The van der Waals surface area contributed by atoms with E-state index in [0.717, 1.165) is 42.1 Å². The first kappa shape index (κ1) is 26.3. The lowest BCUT2D eigenvalue weighted by atomic mass is 9.68. The highest BCUT2D eigenvalue weighted by atomic mass is 19.3. The van der Waals surface area contributed by atoms with Crippen LogP contribution in [-0.2, 0) is 6.42 Å². The van der Waals surface area contributed by atoms with Gasteiger partial charge in [0, 0.05) is 0 Å². The Morgan fingerprint density at radius 1 is 0.788 bits per heavy atom. The van der Waals surface area contributed by atoms with Crippen LogP contribution in [0.2, 0.25) is 0 Å². The van der Waals surface area contributed by atoms with E-state index in [-0.39, 0.29) is 5.75 Å². The average Bonchev–Trinajstić information content (AvgIpc) is 2.82. The van der Waals surface area contributed by atoms with Gasteiger partial charge in [0.2, 0.25) is 0 Å². The van der Waals surface area contributed by atoms with Crippen LogP contribution in [0, 0.1) is 23.7 Å². The molecule has 0 heterocycles. The maximum absolute atomic E-state index is 13.0. The second-order valence-corrected chi connectivity index (χ2v) is 10.6. The Kier molecular flexibility index (Phi) is 10.4. The molecule has 0 aliphatic heterocycles. The van der Waals surface area contributed by atoms with Crippen molar-refractivity contribution in [1.29, 1.82) is 0 Å². The van der Waals surface area contributed by atoms with Crippen molar-refractivity contribution in [1.82, 2.24) is 0 Å². The molecule has 1 aromatic carbocycles. The summed E-state index contributed by atoms with van der Waals surface area (Å²) in [6.45, 7) is 2.28. The highest BCUT2D eigenvalue weighted by Crippen LogP contribution is 2.43. The lowest BCUT2D eigenvalue weighted by Gasteiger charge is -2.38. The molecule has 0 unspecified atom stereocenters. The summed E-state index contributed by atoms with van der Waals surface area (Å²) in [5.41, 5.74) is 1.04. The van der Waals surface area contributed by atoms with Crippen molar-refractivity contribution in [3.63, 3.8) is 0 Å². The van der Waals surface area contributed by atoms with Crippen LogP contribution >= 0.6 is 0 Å². The number of hydrogen-bond acceptors (Lipinski definition) is 1. The zero-order valence-corrected chi connectivity index (χ0v) is 20.2. The lowest BCUT2D eigenvalue weighted by Crippen LogP contribution is -2.33. The van der Waals surface area contributed by atoms with Gasteiger partial charge in [0.25, 0.3) is 0 Å². The minimum atomic E-state index is -4.45. The van der Waals surface area contributed by atoms with Crippen molar-refractivity contribution < 1.29 is 22.3 Å². The number of aryl methyl sites for hydroxylation is 1. The molecule has 0 amide bonds. The predicted molar refractivity (Wildman–Crippen MR) is 126 cm³/mol. The van der Waals surface area contributed by atoms with E-state index in [0.29, 0.717) is 0 Å². The van der Waals surface area contributed by atoms with Gasteiger partial charge in [-0.3, -0.25) is 0 Å². The standard InChI is InChI=1S/C28H42F4O/c1-2-3-4-5-6-21-9-15-24(16-10-21)25-17-11-22(12-18-25)7-8-23-13-19-26(20-14-23)33-28(31,32)27(29)30/h13-14,19-22,24-25,27H,2-12,15-18H2,1H3/t21-,22?,24-,25?. The molecule has 33 heavy (non-hydrogen) atoms. The van der Waals surface area contributed by atoms with Crippen LogP contribution in [0.5, 0.6) is 5.75 Å². The second kappa shape index (κ2) is 13.0. The lowest BCUT2D eigenvalue weighted by molar-refractivity contribution is -0.253. The van der Waals surface area contributed by atoms with Crippen molar-refractivity contribution in [2.24, 2.45) is 23.7 Å². The molecular weight excluding hydrogens is 428 g/mol. The van der Waals surface area contributed by atoms with Crippen LogP contribution in [0.3, 0.4) is 0 Å². The first-order valence-electron chi connectivity index (χ1n) is 13.3. The summed E-state index contributed by atoms with van der Waals surface area (Å²) >= 11 is 0. The van der Waals surface area contributed by atoms with Crippen LogP contribution in [0.25, 0.3) is 0 Å². The minimum Gasteiger partial charge on any atom is -0.428 e. The van der Waals surface area contributed by atoms with Crippen LogP contribution in [0.4, 0.5) is 17.6 Å². The normalized spacial score (nSPS) is 26.5. The van der Waals surface area contributed by atoms with E-state index in [1.165, 1.54) is 95.6 Å². The van der Waals surface area contributed by atoms with Gasteiger partial charge >= 0.3 is 12.5 Å². The summed E-state index contributed by atoms with van der Waals surface area (Å²) in [4.78, 5) is 0. The zero-order chi connectivity index (χ0) is 23.7. The van der Waals surface area contributed by atoms with Crippen LogP contribution in [0.1, 0.15) is 102 Å². The van der Waals surface area contributed by atoms with Gasteiger partial charge in [-0.05, 0) is 79.9 Å². The Morgan fingerprint density at radius 2 is 1.33 bits per heavy atom. The number of ether oxygens (including phenoxy) is 1. The van der Waals surface area contributed by atoms with Gasteiger partial charge in [-0.15, -0.1) is 0 Å². The number of alkyl halides is 4. The third kappa shape index (κ3) is 8.47. The Bertz CT molecular complexity index is 659. The Labute approximate surface area is 197 Å². The number of unbranched alkanes of at least 4 members (excludes halogenated alkanes) is 3. The molecule has 0 radical (unpaired) electrons. The molecule has 2 aliphatic rings. The Morgan fingerprint density at radius 3 is 1.85 bits per heavy atom. The van der Waals surface area contributed by atoms with Gasteiger partial charge in [-0.2, -0.15) is 17.6 Å². The topological polar surface area (TPSA) is 9.23 Å². The van der Waals surface area contributed by atoms with Gasteiger partial charge in [-0.25, -0.2) is 0 Å². The fraction of sp³-hybridized carbons (Fsp3) is 0.786. The van der Waals surface area contributed by atoms with Crippen molar-refractivity contribution >= 4 is 0 Å². The molecule has 0 atom stereocenters. The van der Waals surface area contributed by atoms with Gasteiger partial charge in [-0.1, -0.05) is 76.8 Å². The molecule has 3 rings (SSSR count). The number of rotatable bonds is 12. The van der Waals surface area contributed by atoms with Gasteiger partial charge in [0.05, 0.1) is 0 Å². The largest absolute Gasteiger partial charge is 0.461 e. The maximum atomic E-state index is 13.0.